The van der Waals surface area contributed by atoms with Gasteiger partial charge in [0.15, 0.2) is 0 Å². The lowest BCUT2D eigenvalue weighted by atomic mass is 9.95. The zero-order chi connectivity index (χ0) is 16.9. The summed E-state index contributed by atoms with van der Waals surface area (Å²) in [5.41, 5.74) is 2.56. The first-order valence-electron chi connectivity index (χ1n) is 8.60. The van der Waals surface area contributed by atoms with E-state index in [1.807, 2.05) is 31.2 Å². The van der Waals surface area contributed by atoms with E-state index in [0.29, 0.717) is 17.3 Å². The summed E-state index contributed by atoms with van der Waals surface area (Å²) in [7, 11) is 0. The van der Waals surface area contributed by atoms with Crippen LogP contribution in [0.15, 0.2) is 30.3 Å². The van der Waals surface area contributed by atoms with Crippen LogP contribution in [-0.4, -0.2) is 21.9 Å². The van der Waals surface area contributed by atoms with E-state index in [-0.39, 0.29) is 11.9 Å². The SMILES string of the molecule is Cc1ccc(Nc2cc(C(=O)NC3CCCCC3)nc(C)n2)cc1. The zero-order valence-electron chi connectivity index (χ0n) is 14.3. The Balaban J connectivity index is 1.72. The smallest absolute Gasteiger partial charge is 0.270 e. The fourth-order valence-electron chi connectivity index (χ4n) is 3.04. The molecule has 1 aromatic heterocycles. The van der Waals surface area contributed by atoms with Crippen molar-refractivity contribution in [2.24, 2.45) is 0 Å². The number of nitrogens with one attached hydrogen (secondary N) is 2. The molecule has 1 aromatic carbocycles. The van der Waals surface area contributed by atoms with Crippen molar-refractivity contribution in [3.63, 3.8) is 0 Å². The molecule has 1 aliphatic carbocycles. The molecule has 5 heteroatoms. The summed E-state index contributed by atoms with van der Waals surface area (Å²) in [6.45, 7) is 3.85. The van der Waals surface area contributed by atoms with Crippen molar-refractivity contribution in [3.8, 4) is 0 Å². The molecule has 0 atom stereocenters. The van der Waals surface area contributed by atoms with Crippen LogP contribution >= 0.6 is 0 Å². The van der Waals surface area contributed by atoms with Crippen LogP contribution < -0.4 is 10.6 Å². The first-order valence-corrected chi connectivity index (χ1v) is 8.60. The van der Waals surface area contributed by atoms with Crippen LogP contribution in [0.2, 0.25) is 0 Å². The van der Waals surface area contributed by atoms with Crippen LogP contribution in [0.1, 0.15) is 54.0 Å². The Bertz CT molecular complexity index is 706. The van der Waals surface area contributed by atoms with Gasteiger partial charge in [-0.15, -0.1) is 0 Å². The maximum absolute atomic E-state index is 12.5. The molecule has 5 nitrogen and oxygen atoms in total. The predicted molar refractivity (Wildman–Crippen MR) is 95.6 cm³/mol. The maximum atomic E-state index is 12.5. The van der Waals surface area contributed by atoms with E-state index in [4.69, 9.17) is 0 Å². The van der Waals surface area contributed by atoms with Crippen LogP contribution in [0.25, 0.3) is 0 Å². The van der Waals surface area contributed by atoms with Gasteiger partial charge in [0.1, 0.15) is 17.3 Å². The molecule has 0 bridgehead atoms. The highest BCUT2D eigenvalue weighted by Gasteiger charge is 2.18. The maximum Gasteiger partial charge on any atom is 0.270 e. The summed E-state index contributed by atoms with van der Waals surface area (Å²) >= 11 is 0. The summed E-state index contributed by atoms with van der Waals surface area (Å²) in [6, 6.07) is 10.0. The number of anilines is 2. The summed E-state index contributed by atoms with van der Waals surface area (Å²) in [4.78, 5) is 21.2. The Kier molecular flexibility index (Phi) is 5.08. The van der Waals surface area contributed by atoms with E-state index in [9.17, 15) is 4.79 Å². The van der Waals surface area contributed by atoms with Crippen LogP contribution in [0.3, 0.4) is 0 Å². The minimum absolute atomic E-state index is 0.112. The standard InChI is InChI=1S/C19H24N4O/c1-13-8-10-16(11-9-13)22-18-12-17(20-14(2)21-18)19(24)23-15-6-4-3-5-7-15/h8-12,15H,3-7H2,1-2H3,(H,23,24)(H,20,21,22). The molecule has 1 amide bonds. The second-order valence-electron chi connectivity index (χ2n) is 6.49. The van der Waals surface area contributed by atoms with Gasteiger partial charge in [0, 0.05) is 17.8 Å². The third kappa shape index (κ3) is 4.31. The molecule has 1 saturated carbocycles. The number of carbonyl (C=O) groups is 1. The molecule has 1 aliphatic rings. The second-order valence-corrected chi connectivity index (χ2v) is 6.49. The van der Waals surface area contributed by atoms with Gasteiger partial charge in [0.25, 0.3) is 5.91 Å². The first-order chi connectivity index (χ1) is 11.6. The molecule has 0 radical (unpaired) electrons. The molecule has 1 fully saturated rings. The van der Waals surface area contributed by atoms with Gasteiger partial charge in [-0.1, -0.05) is 37.0 Å². The minimum Gasteiger partial charge on any atom is -0.348 e. The Morgan fingerprint density at radius 3 is 2.46 bits per heavy atom. The number of carbonyl (C=O) groups excluding carboxylic acids is 1. The van der Waals surface area contributed by atoms with Crippen molar-refractivity contribution in [1.82, 2.24) is 15.3 Å². The lowest BCUT2D eigenvalue weighted by Gasteiger charge is -2.22. The highest BCUT2D eigenvalue weighted by molar-refractivity contribution is 5.93. The van der Waals surface area contributed by atoms with Crippen molar-refractivity contribution < 1.29 is 4.79 Å². The highest BCUT2D eigenvalue weighted by Crippen LogP contribution is 2.19. The van der Waals surface area contributed by atoms with Crippen LogP contribution in [0.5, 0.6) is 0 Å². The number of nitrogens with zero attached hydrogens (tertiary/aromatic N) is 2. The van der Waals surface area contributed by atoms with Gasteiger partial charge in [-0.2, -0.15) is 0 Å². The van der Waals surface area contributed by atoms with Crippen molar-refractivity contribution in [1.29, 1.82) is 0 Å². The Morgan fingerprint density at radius 2 is 1.75 bits per heavy atom. The molecule has 0 aliphatic heterocycles. The Labute approximate surface area is 142 Å². The van der Waals surface area contributed by atoms with Crippen molar-refractivity contribution in [2.75, 3.05) is 5.32 Å². The van der Waals surface area contributed by atoms with E-state index < -0.39 is 0 Å². The van der Waals surface area contributed by atoms with E-state index in [0.717, 1.165) is 18.5 Å². The summed E-state index contributed by atoms with van der Waals surface area (Å²) in [6.07, 6.45) is 5.76. The molecule has 0 unspecified atom stereocenters. The molecule has 3 rings (SSSR count). The quantitative estimate of drug-likeness (QED) is 0.895. The number of hydrogen-bond acceptors (Lipinski definition) is 4. The average Bonchev–Trinajstić information content (AvgIpc) is 2.57. The molecule has 0 saturated heterocycles. The molecular weight excluding hydrogens is 300 g/mol. The number of benzene rings is 1. The average molecular weight is 324 g/mol. The summed E-state index contributed by atoms with van der Waals surface area (Å²) in [5.74, 6) is 1.11. The number of amides is 1. The van der Waals surface area contributed by atoms with E-state index in [2.05, 4.69) is 20.6 Å². The normalized spacial score (nSPS) is 15.1. The Morgan fingerprint density at radius 1 is 1.04 bits per heavy atom. The van der Waals surface area contributed by atoms with Gasteiger partial charge in [-0.05, 0) is 38.8 Å². The van der Waals surface area contributed by atoms with Gasteiger partial charge in [-0.25, -0.2) is 9.97 Å². The van der Waals surface area contributed by atoms with Crippen LogP contribution in [-0.2, 0) is 0 Å². The molecule has 2 N–H and O–H groups in total. The first kappa shape index (κ1) is 16.4. The number of aryl methyl sites for hydroxylation is 2. The monoisotopic (exact) mass is 324 g/mol. The number of aromatic nitrogens is 2. The molecule has 0 spiro atoms. The molecule has 1 heterocycles. The molecule has 126 valence electrons. The fraction of sp³-hybridized carbons (Fsp3) is 0.421. The van der Waals surface area contributed by atoms with Gasteiger partial charge in [0.05, 0.1) is 0 Å². The van der Waals surface area contributed by atoms with Gasteiger partial charge in [-0.3, -0.25) is 4.79 Å². The van der Waals surface area contributed by atoms with Crippen molar-refractivity contribution >= 4 is 17.4 Å². The van der Waals surface area contributed by atoms with Crippen molar-refractivity contribution in [3.05, 3.63) is 47.4 Å². The minimum atomic E-state index is -0.112. The largest absolute Gasteiger partial charge is 0.348 e. The summed E-state index contributed by atoms with van der Waals surface area (Å²) in [5, 5.41) is 6.34. The van der Waals surface area contributed by atoms with E-state index in [1.165, 1.54) is 24.8 Å². The second kappa shape index (κ2) is 7.43. The predicted octanol–water partition coefficient (Wildman–Crippen LogP) is 3.90. The number of hydrogen-bond donors (Lipinski definition) is 2. The third-order valence-corrected chi connectivity index (χ3v) is 4.33. The number of rotatable bonds is 4. The topological polar surface area (TPSA) is 66.9 Å². The lowest BCUT2D eigenvalue weighted by molar-refractivity contribution is 0.0922. The highest BCUT2D eigenvalue weighted by atomic mass is 16.1. The fourth-order valence-corrected chi connectivity index (χ4v) is 3.04. The third-order valence-electron chi connectivity index (χ3n) is 4.33. The van der Waals surface area contributed by atoms with Gasteiger partial charge in [0.2, 0.25) is 0 Å². The van der Waals surface area contributed by atoms with Crippen molar-refractivity contribution in [2.45, 2.75) is 52.0 Å². The lowest BCUT2D eigenvalue weighted by Crippen LogP contribution is -2.36. The van der Waals surface area contributed by atoms with Crippen LogP contribution in [0, 0.1) is 13.8 Å². The van der Waals surface area contributed by atoms with E-state index in [1.54, 1.807) is 13.0 Å². The summed E-state index contributed by atoms with van der Waals surface area (Å²) < 4.78 is 0. The zero-order valence-corrected chi connectivity index (χ0v) is 14.3. The van der Waals surface area contributed by atoms with Crippen LogP contribution in [0.4, 0.5) is 11.5 Å². The molecular formula is C19H24N4O. The molecule has 24 heavy (non-hydrogen) atoms. The Hall–Kier alpha value is -2.43. The van der Waals surface area contributed by atoms with Gasteiger partial charge < -0.3 is 10.6 Å². The molecule has 2 aromatic rings. The van der Waals surface area contributed by atoms with E-state index >= 15 is 0 Å². The van der Waals surface area contributed by atoms with Gasteiger partial charge >= 0.3 is 0 Å².